The van der Waals surface area contributed by atoms with Crippen molar-refractivity contribution in [3.8, 4) is 34.7 Å². The van der Waals surface area contributed by atoms with Crippen LogP contribution in [0, 0.1) is 17.7 Å². The third-order valence-electron chi connectivity index (χ3n) is 5.28. The van der Waals surface area contributed by atoms with Gasteiger partial charge in [0.2, 0.25) is 0 Å². The van der Waals surface area contributed by atoms with E-state index in [1.165, 1.54) is 12.1 Å². The number of amides is 1. The number of halogens is 1. The number of carbonyl (C=O) groups is 1. The fraction of sp³-hybridized carbons (Fsp3) is 0.250. The molecule has 5 nitrogen and oxygen atoms in total. The first kappa shape index (κ1) is 19.7. The molecule has 0 atom stereocenters. The molecule has 4 rings (SSSR count). The van der Waals surface area contributed by atoms with Crippen molar-refractivity contribution in [1.82, 2.24) is 14.9 Å². The van der Waals surface area contributed by atoms with Gasteiger partial charge in [-0.3, -0.25) is 4.79 Å². The highest BCUT2D eigenvalue weighted by Crippen LogP contribution is 2.37. The minimum Gasteiger partial charge on any atom is -0.457 e. The fourth-order valence-electron chi connectivity index (χ4n) is 3.79. The first-order valence-electron chi connectivity index (χ1n) is 9.93. The molecule has 1 saturated heterocycles. The summed E-state index contributed by atoms with van der Waals surface area (Å²) >= 11 is 0. The van der Waals surface area contributed by atoms with Gasteiger partial charge >= 0.3 is 0 Å². The smallest absolute Gasteiger partial charge is 0.298 e. The lowest BCUT2D eigenvalue weighted by molar-refractivity contribution is -0.126. The molecule has 2 heterocycles. The van der Waals surface area contributed by atoms with E-state index in [-0.39, 0.29) is 17.6 Å². The summed E-state index contributed by atoms with van der Waals surface area (Å²) in [6, 6.07) is 11.9. The minimum atomic E-state index is -0.301. The Hall–Kier alpha value is -3.59. The van der Waals surface area contributed by atoms with Crippen molar-refractivity contribution in [1.29, 1.82) is 0 Å². The van der Waals surface area contributed by atoms with Gasteiger partial charge in [-0.15, -0.1) is 0 Å². The number of H-pyrrole nitrogens is 1. The molecule has 30 heavy (non-hydrogen) atoms. The van der Waals surface area contributed by atoms with Crippen LogP contribution in [0.3, 0.4) is 0 Å². The molecule has 0 aliphatic carbocycles. The molecule has 152 valence electrons. The van der Waals surface area contributed by atoms with Gasteiger partial charge in [-0.05, 0) is 79.6 Å². The number of rotatable bonds is 4. The molecular weight excluding hydrogens is 381 g/mol. The number of piperidine rings is 1. The van der Waals surface area contributed by atoms with Crippen LogP contribution < -0.4 is 4.74 Å². The van der Waals surface area contributed by atoms with E-state index in [2.05, 4.69) is 21.8 Å². The predicted molar refractivity (Wildman–Crippen MR) is 113 cm³/mol. The molecule has 0 unspecified atom stereocenters. The van der Waals surface area contributed by atoms with E-state index in [0.717, 1.165) is 29.8 Å². The minimum absolute atomic E-state index is 0.115. The van der Waals surface area contributed by atoms with Crippen LogP contribution in [0.5, 0.6) is 11.5 Å². The summed E-state index contributed by atoms with van der Waals surface area (Å²) in [5.74, 6) is 7.20. The van der Waals surface area contributed by atoms with Crippen LogP contribution in [-0.4, -0.2) is 33.9 Å². The van der Waals surface area contributed by atoms with Crippen molar-refractivity contribution in [2.45, 2.75) is 25.7 Å². The van der Waals surface area contributed by atoms with Crippen molar-refractivity contribution in [3.63, 3.8) is 0 Å². The summed E-state index contributed by atoms with van der Waals surface area (Å²) < 4.78 is 19.1. The SMILES string of the molecule is CC#CC(=O)N1CCC(c2cc(Oc3ccc(F)cc3)ccc2-c2ncc[nH]2)CC1. The zero-order valence-corrected chi connectivity index (χ0v) is 16.7. The van der Waals surface area contributed by atoms with Gasteiger partial charge in [-0.25, -0.2) is 9.37 Å². The highest BCUT2D eigenvalue weighted by atomic mass is 19.1. The van der Waals surface area contributed by atoms with Crippen molar-refractivity contribution in [2.24, 2.45) is 0 Å². The zero-order chi connectivity index (χ0) is 20.9. The van der Waals surface area contributed by atoms with Crippen molar-refractivity contribution in [3.05, 3.63) is 66.2 Å². The normalized spacial score (nSPS) is 14.1. The molecule has 3 aromatic rings. The maximum Gasteiger partial charge on any atom is 0.298 e. The lowest BCUT2D eigenvalue weighted by atomic mass is 9.86. The van der Waals surface area contributed by atoms with Crippen LogP contribution in [0.1, 0.15) is 31.2 Å². The molecule has 1 fully saturated rings. The number of nitrogens with zero attached hydrogens (tertiary/aromatic N) is 2. The summed E-state index contributed by atoms with van der Waals surface area (Å²) in [5, 5.41) is 0. The van der Waals surface area contributed by atoms with Gasteiger partial charge in [0.25, 0.3) is 5.91 Å². The molecule has 0 radical (unpaired) electrons. The van der Waals surface area contributed by atoms with Crippen molar-refractivity contribution >= 4 is 5.91 Å². The number of likely N-dealkylation sites (tertiary alicyclic amines) is 1. The first-order valence-corrected chi connectivity index (χ1v) is 9.93. The number of benzene rings is 2. The monoisotopic (exact) mass is 403 g/mol. The number of ether oxygens (including phenoxy) is 1. The molecule has 2 aromatic carbocycles. The molecule has 0 spiro atoms. The summed E-state index contributed by atoms with van der Waals surface area (Å²) in [4.78, 5) is 21.5. The Morgan fingerprint density at radius 2 is 1.90 bits per heavy atom. The van der Waals surface area contributed by atoms with Crippen LogP contribution in [0.4, 0.5) is 4.39 Å². The molecule has 1 aromatic heterocycles. The molecular formula is C24H22FN3O2. The van der Waals surface area contributed by atoms with E-state index in [1.807, 2.05) is 18.2 Å². The quantitative estimate of drug-likeness (QED) is 0.641. The van der Waals surface area contributed by atoms with Gasteiger partial charge in [0.05, 0.1) is 0 Å². The van der Waals surface area contributed by atoms with Crippen molar-refractivity contribution in [2.75, 3.05) is 13.1 Å². The third kappa shape index (κ3) is 4.36. The van der Waals surface area contributed by atoms with Crippen molar-refractivity contribution < 1.29 is 13.9 Å². The number of aromatic amines is 1. The fourth-order valence-corrected chi connectivity index (χ4v) is 3.79. The molecule has 0 bridgehead atoms. The highest BCUT2D eigenvalue weighted by molar-refractivity contribution is 5.93. The average molecular weight is 403 g/mol. The summed E-state index contributed by atoms with van der Waals surface area (Å²) in [6.45, 7) is 3.00. The van der Waals surface area contributed by atoms with E-state index in [1.54, 1.807) is 36.4 Å². The second kappa shape index (κ2) is 8.83. The van der Waals surface area contributed by atoms with Gasteiger partial charge in [-0.2, -0.15) is 0 Å². The second-order valence-electron chi connectivity index (χ2n) is 7.18. The molecule has 1 N–H and O–H groups in total. The van der Waals surface area contributed by atoms with Crippen LogP contribution in [-0.2, 0) is 4.79 Å². The first-order chi connectivity index (χ1) is 14.6. The number of imidazole rings is 1. The average Bonchev–Trinajstić information content (AvgIpc) is 3.30. The van der Waals surface area contributed by atoms with E-state index < -0.39 is 0 Å². The summed E-state index contributed by atoms with van der Waals surface area (Å²) in [5.41, 5.74) is 2.14. The van der Waals surface area contributed by atoms with Crippen LogP contribution in [0.2, 0.25) is 0 Å². The number of hydrogen-bond acceptors (Lipinski definition) is 3. The molecule has 1 aliphatic rings. The lowest BCUT2D eigenvalue weighted by Crippen LogP contribution is -2.37. The van der Waals surface area contributed by atoms with Gasteiger partial charge < -0.3 is 14.6 Å². The molecule has 1 aliphatic heterocycles. The number of aromatic nitrogens is 2. The zero-order valence-electron chi connectivity index (χ0n) is 16.7. The Kier molecular flexibility index (Phi) is 5.80. The molecule has 1 amide bonds. The largest absolute Gasteiger partial charge is 0.457 e. The Labute approximate surface area is 174 Å². The number of carbonyl (C=O) groups excluding carboxylic acids is 1. The Morgan fingerprint density at radius 3 is 2.57 bits per heavy atom. The van der Waals surface area contributed by atoms with Crippen LogP contribution >= 0.6 is 0 Å². The van der Waals surface area contributed by atoms with E-state index in [0.29, 0.717) is 24.6 Å². The molecule has 0 saturated carbocycles. The topological polar surface area (TPSA) is 58.2 Å². The Balaban J connectivity index is 1.60. The van der Waals surface area contributed by atoms with E-state index in [4.69, 9.17) is 4.74 Å². The van der Waals surface area contributed by atoms with Gasteiger partial charge in [0.1, 0.15) is 23.1 Å². The highest BCUT2D eigenvalue weighted by Gasteiger charge is 2.26. The lowest BCUT2D eigenvalue weighted by Gasteiger charge is -2.32. The van der Waals surface area contributed by atoms with Crippen LogP contribution in [0.25, 0.3) is 11.4 Å². The van der Waals surface area contributed by atoms with Gasteiger partial charge in [-0.1, -0.05) is 5.92 Å². The standard InChI is InChI=1S/C24H22FN3O2/c1-2-3-23(29)28-14-10-17(11-15-28)22-16-20(30-19-6-4-18(25)5-7-19)8-9-21(22)24-26-12-13-27-24/h4-9,12-13,16-17H,10-11,14-15H2,1H3,(H,26,27). The van der Waals surface area contributed by atoms with Gasteiger partial charge in [0.15, 0.2) is 0 Å². The maximum absolute atomic E-state index is 13.2. The summed E-state index contributed by atoms with van der Waals surface area (Å²) in [7, 11) is 0. The number of nitrogens with one attached hydrogen (secondary N) is 1. The summed E-state index contributed by atoms with van der Waals surface area (Å²) in [6.07, 6.45) is 5.20. The van der Waals surface area contributed by atoms with E-state index in [9.17, 15) is 9.18 Å². The molecule has 6 heteroatoms. The van der Waals surface area contributed by atoms with Gasteiger partial charge in [0, 0.05) is 31.0 Å². The third-order valence-corrected chi connectivity index (χ3v) is 5.28. The van der Waals surface area contributed by atoms with E-state index >= 15 is 0 Å². The van der Waals surface area contributed by atoms with Crippen LogP contribution in [0.15, 0.2) is 54.9 Å². The second-order valence-corrected chi connectivity index (χ2v) is 7.18. The Bertz CT molecular complexity index is 1070. The predicted octanol–water partition coefficient (Wildman–Crippen LogP) is 4.74. The Morgan fingerprint density at radius 1 is 1.17 bits per heavy atom. The number of hydrogen-bond donors (Lipinski definition) is 1. The maximum atomic E-state index is 13.2.